The summed E-state index contributed by atoms with van der Waals surface area (Å²) in [6.45, 7) is 6.95. The number of hydrogen-bond acceptors (Lipinski definition) is 7. The number of piperazine rings is 1. The van der Waals surface area contributed by atoms with Gasteiger partial charge in [-0.25, -0.2) is 9.18 Å². The number of likely N-dealkylation sites (N-methyl/N-ethyl adjacent to an activating group) is 1. The number of nitriles is 1. The molecule has 3 fully saturated rings. The Morgan fingerprint density at radius 1 is 1.16 bits per heavy atom. The average molecular weight is 630 g/mol. The van der Waals surface area contributed by atoms with Gasteiger partial charge >= 0.3 is 5.69 Å². The summed E-state index contributed by atoms with van der Waals surface area (Å²) in [5.41, 5.74) is 2.66. The number of hydrogen-bond donors (Lipinski definition) is 0. The number of likely N-dealkylation sites (tertiary alicyclic amines) is 1. The van der Waals surface area contributed by atoms with Crippen LogP contribution in [0.5, 0.6) is 0 Å². The minimum atomic E-state index is -1.04. The lowest BCUT2D eigenvalue weighted by molar-refractivity contribution is -0.131. The monoisotopic (exact) mass is 629 g/mol. The number of carbonyl (C=O) groups is 1. The van der Waals surface area contributed by atoms with E-state index < -0.39 is 17.8 Å². The number of anilines is 2. The molecule has 7 rings (SSSR count). The molecule has 1 aromatic heterocycles. The predicted octanol–water partition coefficient (Wildman–Crippen LogP) is 4.61. The van der Waals surface area contributed by atoms with Crippen LogP contribution in [-0.4, -0.2) is 77.1 Å². The van der Waals surface area contributed by atoms with Crippen molar-refractivity contribution < 1.29 is 9.18 Å². The van der Waals surface area contributed by atoms with E-state index in [0.29, 0.717) is 37.0 Å². The van der Waals surface area contributed by atoms with Crippen LogP contribution in [0.4, 0.5) is 15.9 Å². The Morgan fingerprint density at radius 2 is 1.93 bits per heavy atom. The van der Waals surface area contributed by atoms with Crippen molar-refractivity contribution in [3.05, 3.63) is 75.6 Å². The standard InChI is InChI=1S/C34H37ClFN7O2/c1-22(36)32(44)42-17-16-40(18-25(42)11-14-37)31-30-28(43(33(45)38-31)19-24-8-5-15-39(24)2)20-41(21-34(30)12-13-34)27-10-4-7-23-6-3-9-26(35)29(23)27/h3-4,6-7,9-10,24-25H,1,5,8,11-13,15-21H2,2H3/t24-,25-/m0/s1. The summed E-state index contributed by atoms with van der Waals surface area (Å²) in [5, 5.41) is 12.3. The first-order valence-electron chi connectivity index (χ1n) is 15.7. The average Bonchev–Trinajstić information content (AvgIpc) is 3.67. The Labute approximate surface area is 267 Å². The number of rotatable bonds is 6. The van der Waals surface area contributed by atoms with E-state index in [4.69, 9.17) is 16.6 Å². The van der Waals surface area contributed by atoms with Crippen LogP contribution in [0.1, 0.15) is 43.4 Å². The fourth-order valence-electron chi connectivity index (χ4n) is 7.83. The van der Waals surface area contributed by atoms with E-state index in [1.807, 2.05) is 21.6 Å². The zero-order valence-corrected chi connectivity index (χ0v) is 26.3. The third-order valence-electron chi connectivity index (χ3n) is 10.3. The highest BCUT2D eigenvalue weighted by molar-refractivity contribution is 6.36. The zero-order chi connectivity index (χ0) is 31.5. The van der Waals surface area contributed by atoms with Gasteiger partial charge in [0, 0.05) is 66.5 Å². The van der Waals surface area contributed by atoms with Crippen LogP contribution >= 0.6 is 11.6 Å². The molecule has 0 bridgehead atoms. The van der Waals surface area contributed by atoms with Gasteiger partial charge in [-0.05, 0) is 56.8 Å². The number of aromatic nitrogens is 2. The minimum Gasteiger partial charge on any atom is -0.364 e. The highest BCUT2D eigenvalue weighted by Crippen LogP contribution is 2.56. The van der Waals surface area contributed by atoms with Crippen molar-refractivity contribution in [2.24, 2.45) is 0 Å². The maximum atomic E-state index is 14.0. The molecule has 3 aromatic rings. The second-order valence-electron chi connectivity index (χ2n) is 13.0. The van der Waals surface area contributed by atoms with Crippen molar-refractivity contribution in [1.82, 2.24) is 19.4 Å². The molecule has 2 atom stereocenters. The van der Waals surface area contributed by atoms with Crippen LogP contribution in [0.25, 0.3) is 10.8 Å². The largest absolute Gasteiger partial charge is 0.364 e. The summed E-state index contributed by atoms with van der Waals surface area (Å²) in [4.78, 5) is 39.5. The Balaban J connectivity index is 1.34. The van der Waals surface area contributed by atoms with Gasteiger partial charge in [0.1, 0.15) is 5.82 Å². The fraction of sp³-hybridized carbons (Fsp3) is 0.471. The molecule has 2 saturated heterocycles. The lowest BCUT2D eigenvalue weighted by Crippen LogP contribution is -2.56. The SMILES string of the molecule is C=C(F)C(=O)N1CCN(c2nc(=O)n(C[C@@H]3CCCN3C)c3c2C2(CC2)CN(c2cccc4cccc(Cl)c24)C3)C[C@@H]1CC#N. The quantitative estimate of drug-likeness (QED) is 0.368. The number of carbonyl (C=O) groups excluding carboxylic acids is 1. The van der Waals surface area contributed by atoms with Gasteiger partial charge in [0.2, 0.25) is 0 Å². The smallest absolute Gasteiger partial charge is 0.349 e. The predicted molar refractivity (Wildman–Crippen MR) is 173 cm³/mol. The second-order valence-corrected chi connectivity index (χ2v) is 13.5. The Bertz CT molecular complexity index is 1790. The molecule has 4 aliphatic rings. The molecule has 2 aromatic carbocycles. The van der Waals surface area contributed by atoms with Crippen LogP contribution in [0, 0.1) is 11.3 Å². The normalized spacial score (nSPS) is 22.5. The summed E-state index contributed by atoms with van der Waals surface area (Å²) in [6, 6.07) is 14.1. The van der Waals surface area contributed by atoms with Gasteiger partial charge in [-0.15, -0.1) is 0 Å². The Morgan fingerprint density at radius 3 is 2.62 bits per heavy atom. The van der Waals surface area contributed by atoms with E-state index in [2.05, 4.69) is 53.8 Å². The molecule has 1 spiro atoms. The van der Waals surface area contributed by atoms with E-state index in [1.54, 1.807) is 0 Å². The summed E-state index contributed by atoms with van der Waals surface area (Å²) >= 11 is 6.79. The molecular formula is C34H37ClFN7O2. The molecule has 1 aliphatic carbocycles. The van der Waals surface area contributed by atoms with Crippen LogP contribution in [0.15, 0.2) is 53.6 Å². The third kappa shape index (κ3) is 5.16. The van der Waals surface area contributed by atoms with Crippen LogP contribution < -0.4 is 15.5 Å². The van der Waals surface area contributed by atoms with Crippen molar-refractivity contribution in [2.75, 3.05) is 49.6 Å². The topological polar surface area (TPSA) is 88.7 Å². The van der Waals surface area contributed by atoms with Gasteiger partial charge in [0.15, 0.2) is 5.83 Å². The second kappa shape index (κ2) is 11.5. The molecule has 0 unspecified atom stereocenters. The first-order valence-corrected chi connectivity index (χ1v) is 16.1. The molecule has 4 heterocycles. The first-order chi connectivity index (χ1) is 21.7. The fourth-order valence-corrected chi connectivity index (χ4v) is 8.11. The van der Waals surface area contributed by atoms with Gasteiger partial charge in [0.05, 0.1) is 30.1 Å². The summed E-state index contributed by atoms with van der Waals surface area (Å²) in [6.07, 6.45) is 4.10. The molecule has 11 heteroatoms. The molecular weight excluding hydrogens is 593 g/mol. The number of nitrogens with zero attached hydrogens (tertiary/aromatic N) is 7. The molecule has 45 heavy (non-hydrogen) atoms. The molecule has 1 amide bonds. The molecule has 0 radical (unpaired) electrons. The summed E-state index contributed by atoms with van der Waals surface area (Å²) < 4.78 is 15.8. The van der Waals surface area contributed by atoms with Crippen molar-refractivity contribution >= 4 is 39.8 Å². The van der Waals surface area contributed by atoms with Crippen molar-refractivity contribution in [1.29, 1.82) is 5.26 Å². The van der Waals surface area contributed by atoms with Crippen molar-refractivity contribution in [2.45, 2.75) is 62.7 Å². The molecule has 234 valence electrons. The van der Waals surface area contributed by atoms with Gasteiger partial charge < -0.3 is 19.6 Å². The van der Waals surface area contributed by atoms with E-state index in [-0.39, 0.29) is 30.1 Å². The summed E-state index contributed by atoms with van der Waals surface area (Å²) in [7, 11) is 2.12. The van der Waals surface area contributed by atoms with Crippen molar-refractivity contribution in [3.8, 4) is 6.07 Å². The van der Waals surface area contributed by atoms with Gasteiger partial charge in [-0.1, -0.05) is 42.4 Å². The Kier molecular flexibility index (Phi) is 7.57. The maximum Gasteiger partial charge on any atom is 0.349 e. The minimum absolute atomic E-state index is 0.0452. The van der Waals surface area contributed by atoms with Gasteiger partial charge in [-0.2, -0.15) is 10.2 Å². The number of fused-ring (bicyclic) bond motifs is 3. The summed E-state index contributed by atoms with van der Waals surface area (Å²) in [5.74, 6) is -1.18. The lowest BCUT2D eigenvalue weighted by atomic mass is 9.88. The first kappa shape index (κ1) is 29.8. The highest BCUT2D eigenvalue weighted by atomic mass is 35.5. The highest BCUT2D eigenvalue weighted by Gasteiger charge is 2.53. The number of amides is 1. The van der Waals surface area contributed by atoms with Gasteiger partial charge in [0.25, 0.3) is 5.91 Å². The van der Waals surface area contributed by atoms with E-state index in [0.717, 1.165) is 66.5 Å². The third-order valence-corrected chi connectivity index (χ3v) is 10.6. The molecule has 9 nitrogen and oxygen atoms in total. The molecule has 3 aliphatic heterocycles. The molecule has 1 saturated carbocycles. The van der Waals surface area contributed by atoms with E-state index in [9.17, 15) is 19.2 Å². The lowest BCUT2D eigenvalue weighted by Gasteiger charge is -2.44. The number of benzene rings is 2. The van der Waals surface area contributed by atoms with E-state index >= 15 is 0 Å². The van der Waals surface area contributed by atoms with Gasteiger partial charge in [-0.3, -0.25) is 9.36 Å². The Hall–Kier alpha value is -3.94. The zero-order valence-electron chi connectivity index (χ0n) is 25.5. The number of halogens is 2. The molecule has 0 N–H and O–H groups in total. The maximum absolute atomic E-state index is 14.0. The van der Waals surface area contributed by atoms with Crippen molar-refractivity contribution in [3.63, 3.8) is 0 Å². The van der Waals surface area contributed by atoms with E-state index in [1.165, 1.54) is 4.90 Å². The van der Waals surface area contributed by atoms with Crippen LogP contribution in [0.2, 0.25) is 5.02 Å². The van der Waals surface area contributed by atoms with Crippen LogP contribution in [-0.2, 0) is 23.3 Å². The van der Waals surface area contributed by atoms with Crippen LogP contribution in [0.3, 0.4) is 0 Å².